The van der Waals surface area contributed by atoms with E-state index in [1.165, 1.54) is 4.80 Å². The summed E-state index contributed by atoms with van der Waals surface area (Å²) in [4.78, 5) is 12.3. The molecule has 1 aromatic heterocycles. The number of aromatic nitrogens is 3. The molecule has 0 radical (unpaired) electrons. The van der Waals surface area contributed by atoms with Crippen LogP contribution in [-0.4, -0.2) is 32.6 Å². The number of benzene rings is 1. The van der Waals surface area contributed by atoms with Gasteiger partial charge in [-0.05, 0) is 12.1 Å². The summed E-state index contributed by atoms with van der Waals surface area (Å²) in [6, 6.07) is 9.11. The summed E-state index contributed by atoms with van der Waals surface area (Å²) in [5, 5.41) is 19.9. The topological polar surface area (TPSA) is 80.0 Å². The Bertz CT molecular complexity index is 563. The second-order valence-electron chi connectivity index (χ2n) is 3.50. The molecule has 1 aromatic carbocycles. The number of nitrogens with one attached hydrogen (secondary N) is 1. The maximum Gasteiger partial charge on any atom is 0.360 e. The second-order valence-corrected chi connectivity index (χ2v) is 3.50. The van der Waals surface area contributed by atoms with Gasteiger partial charge in [-0.3, -0.25) is 0 Å². The molecule has 2 N–H and O–H groups in total. The van der Waals surface area contributed by atoms with Crippen LogP contribution >= 0.6 is 0 Å². The molecule has 18 heavy (non-hydrogen) atoms. The van der Waals surface area contributed by atoms with Gasteiger partial charge in [0, 0.05) is 6.54 Å². The Balaban J connectivity index is 2.39. The van der Waals surface area contributed by atoms with Crippen LogP contribution in [0.2, 0.25) is 0 Å². The van der Waals surface area contributed by atoms with Gasteiger partial charge in [-0.25, -0.2) is 4.79 Å². The maximum absolute atomic E-state index is 11.0. The lowest BCUT2D eigenvalue weighted by molar-refractivity contribution is 0.0691. The summed E-state index contributed by atoms with van der Waals surface area (Å²) in [6.07, 6.45) is 1.62. The van der Waals surface area contributed by atoms with Gasteiger partial charge >= 0.3 is 5.97 Å². The van der Waals surface area contributed by atoms with Crippen molar-refractivity contribution >= 4 is 11.8 Å². The van der Waals surface area contributed by atoms with Crippen LogP contribution in [0, 0.1) is 0 Å². The second kappa shape index (κ2) is 5.13. The minimum atomic E-state index is -1.12. The Morgan fingerprint density at radius 3 is 2.72 bits per heavy atom. The van der Waals surface area contributed by atoms with Crippen LogP contribution in [0.5, 0.6) is 0 Å². The van der Waals surface area contributed by atoms with Gasteiger partial charge in [0.1, 0.15) is 0 Å². The number of nitrogens with zero attached hydrogens (tertiary/aromatic N) is 3. The first-order chi connectivity index (χ1) is 8.72. The van der Waals surface area contributed by atoms with E-state index in [-0.39, 0.29) is 11.5 Å². The molecule has 2 rings (SSSR count). The van der Waals surface area contributed by atoms with Crippen LogP contribution in [0.15, 0.2) is 43.0 Å². The van der Waals surface area contributed by atoms with E-state index in [0.717, 1.165) is 0 Å². The van der Waals surface area contributed by atoms with Gasteiger partial charge in [-0.15, -0.1) is 21.6 Å². The lowest BCUT2D eigenvalue weighted by Gasteiger charge is -1.98. The fraction of sp³-hybridized carbons (Fsp3) is 0.0833. The molecule has 6 heteroatoms. The molecule has 2 aromatic rings. The van der Waals surface area contributed by atoms with E-state index in [1.54, 1.807) is 18.2 Å². The first kappa shape index (κ1) is 11.8. The molecular formula is C12H12N4O2. The van der Waals surface area contributed by atoms with E-state index in [2.05, 4.69) is 22.1 Å². The average molecular weight is 244 g/mol. The van der Waals surface area contributed by atoms with Crippen LogP contribution in [-0.2, 0) is 0 Å². The minimum Gasteiger partial charge on any atom is -0.476 e. The van der Waals surface area contributed by atoms with Gasteiger partial charge in [0.2, 0.25) is 5.69 Å². The van der Waals surface area contributed by atoms with Gasteiger partial charge in [0.25, 0.3) is 0 Å². The highest BCUT2D eigenvalue weighted by molar-refractivity contribution is 5.90. The minimum absolute atomic E-state index is 0.110. The predicted octanol–water partition coefficient (Wildman–Crippen LogP) is 1.56. The van der Waals surface area contributed by atoms with Crippen LogP contribution in [0.25, 0.3) is 5.69 Å². The summed E-state index contributed by atoms with van der Waals surface area (Å²) in [5.41, 5.74) is 0.590. The normalized spacial score (nSPS) is 10.0. The summed E-state index contributed by atoms with van der Waals surface area (Å²) in [5.74, 6) is -0.894. The molecule has 0 unspecified atom stereocenters. The molecule has 0 aliphatic carbocycles. The summed E-state index contributed by atoms with van der Waals surface area (Å²) < 4.78 is 0. The van der Waals surface area contributed by atoms with Crippen LogP contribution in [0.3, 0.4) is 0 Å². The van der Waals surface area contributed by atoms with Gasteiger partial charge in [0.05, 0.1) is 5.69 Å². The SMILES string of the molecule is C=CCNc1nn(-c2ccccc2)nc1C(=O)O. The van der Waals surface area contributed by atoms with Gasteiger partial charge in [-0.2, -0.15) is 0 Å². The first-order valence-electron chi connectivity index (χ1n) is 5.33. The fourth-order valence-electron chi connectivity index (χ4n) is 1.42. The Kier molecular flexibility index (Phi) is 3.38. The highest BCUT2D eigenvalue weighted by Gasteiger charge is 2.17. The number of para-hydroxylation sites is 1. The molecule has 0 aliphatic rings. The third-order valence-corrected chi connectivity index (χ3v) is 2.22. The van der Waals surface area contributed by atoms with Crippen molar-refractivity contribution in [3.63, 3.8) is 0 Å². The van der Waals surface area contributed by atoms with Crippen LogP contribution < -0.4 is 5.32 Å². The van der Waals surface area contributed by atoms with Crippen LogP contribution in [0.4, 0.5) is 5.82 Å². The van der Waals surface area contributed by atoms with Crippen molar-refractivity contribution in [1.29, 1.82) is 0 Å². The molecule has 0 spiro atoms. The van der Waals surface area contributed by atoms with E-state index < -0.39 is 5.97 Å². The highest BCUT2D eigenvalue weighted by Crippen LogP contribution is 2.13. The van der Waals surface area contributed by atoms with Gasteiger partial charge < -0.3 is 10.4 Å². The molecule has 0 bridgehead atoms. The number of carboxylic acids is 1. The van der Waals surface area contributed by atoms with Crippen molar-refractivity contribution in [1.82, 2.24) is 15.0 Å². The van der Waals surface area contributed by atoms with E-state index >= 15 is 0 Å². The monoisotopic (exact) mass is 244 g/mol. The molecule has 6 nitrogen and oxygen atoms in total. The maximum atomic E-state index is 11.0. The molecule has 1 heterocycles. The van der Waals surface area contributed by atoms with Gasteiger partial charge in [-0.1, -0.05) is 24.3 Å². The molecule has 0 atom stereocenters. The van der Waals surface area contributed by atoms with Crippen molar-refractivity contribution in [2.75, 3.05) is 11.9 Å². The standard InChI is InChI=1S/C12H12N4O2/c1-2-8-13-11-10(12(17)18)14-16(15-11)9-6-4-3-5-7-9/h2-7H,1,8H2,(H,13,15)(H,17,18). The molecule has 0 saturated carbocycles. The van der Waals surface area contributed by atoms with Crippen molar-refractivity contribution in [3.05, 3.63) is 48.7 Å². The summed E-state index contributed by atoms with van der Waals surface area (Å²) in [6.45, 7) is 3.97. The van der Waals surface area contributed by atoms with E-state index in [1.807, 2.05) is 18.2 Å². The first-order valence-corrected chi connectivity index (χ1v) is 5.33. The number of aromatic carboxylic acids is 1. The quantitative estimate of drug-likeness (QED) is 0.780. The molecule has 0 saturated heterocycles. The third-order valence-electron chi connectivity index (χ3n) is 2.22. The number of hydrogen-bond donors (Lipinski definition) is 2. The van der Waals surface area contributed by atoms with Crippen molar-refractivity contribution in [2.45, 2.75) is 0 Å². The Hall–Kier alpha value is -2.63. The average Bonchev–Trinajstić information content (AvgIpc) is 2.81. The largest absolute Gasteiger partial charge is 0.476 e. The number of anilines is 1. The third kappa shape index (κ3) is 2.37. The van der Waals surface area contributed by atoms with Crippen LogP contribution in [0.1, 0.15) is 10.5 Å². The lowest BCUT2D eigenvalue weighted by Crippen LogP contribution is -2.05. The smallest absolute Gasteiger partial charge is 0.360 e. The molecule has 0 amide bonds. The molecular weight excluding hydrogens is 232 g/mol. The Morgan fingerprint density at radius 1 is 1.39 bits per heavy atom. The zero-order valence-corrected chi connectivity index (χ0v) is 9.58. The highest BCUT2D eigenvalue weighted by atomic mass is 16.4. The predicted molar refractivity (Wildman–Crippen MR) is 67.0 cm³/mol. The Labute approximate surface area is 104 Å². The van der Waals surface area contributed by atoms with E-state index in [4.69, 9.17) is 5.11 Å². The van der Waals surface area contributed by atoms with Crippen molar-refractivity contribution in [2.24, 2.45) is 0 Å². The molecule has 0 aliphatic heterocycles. The van der Waals surface area contributed by atoms with E-state index in [0.29, 0.717) is 12.2 Å². The zero-order valence-electron chi connectivity index (χ0n) is 9.58. The molecule has 0 fully saturated rings. The fourth-order valence-corrected chi connectivity index (χ4v) is 1.42. The van der Waals surface area contributed by atoms with Gasteiger partial charge in [0.15, 0.2) is 5.82 Å². The Morgan fingerprint density at radius 2 is 2.11 bits per heavy atom. The number of carbonyl (C=O) groups is 1. The summed E-state index contributed by atoms with van der Waals surface area (Å²) >= 11 is 0. The zero-order chi connectivity index (χ0) is 13.0. The lowest BCUT2D eigenvalue weighted by atomic mass is 10.3. The van der Waals surface area contributed by atoms with Crippen molar-refractivity contribution < 1.29 is 9.90 Å². The molecule has 92 valence electrons. The summed E-state index contributed by atoms with van der Waals surface area (Å²) in [7, 11) is 0. The number of carboxylic acid groups (broad SMARTS) is 1. The van der Waals surface area contributed by atoms with E-state index in [9.17, 15) is 4.79 Å². The number of rotatable bonds is 5. The van der Waals surface area contributed by atoms with Crippen molar-refractivity contribution in [3.8, 4) is 5.69 Å². The number of hydrogen-bond acceptors (Lipinski definition) is 4.